The van der Waals surface area contributed by atoms with Gasteiger partial charge in [-0.3, -0.25) is 9.59 Å². The largest absolute Gasteiger partial charge is 0.497 e. The van der Waals surface area contributed by atoms with Gasteiger partial charge in [0.2, 0.25) is 6.41 Å². The molecule has 4 rings (SSSR count). The zero-order valence-corrected chi connectivity index (χ0v) is 14.9. The molecule has 1 heterocycles. The van der Waals surface area contributed by atoms with Gasteiger partial charge >= 0.3 is 0 Å². The second-order valence-corrected chi connectivity index (χ2v) is 7.13. The molecule has 1 N–H and O–H groups in total. The maximum absolute atomic E-state index is 12.8. The minimum Gasteiger partial charge on any atom is -0.497 e. The van der Waals surface area contributed by atoms with Gasteiger partial charge in [0.1, 0.15) is 5.75 Å². The topological polar surface area (TPSA) is 58.6 Å². The van der Waals surface area contributed by atoms with Gasteiger partial charge in [-0.2, -0.15) is 0 Å². The second kappa shape index (κ2) is 6.48. The van der Waals surface area contributed by atoms with Crippen molar-refractivity contribution in [3.63, 3.8) is 0 Å². The van der Waals surface area contributed by atoms with Crippen LogP contribution in [0.2, 0.25) is 0 Å². The first-order chi connectivity index (χ1) is 12.6. The van der Waals surface area contributed by atoms with Crippen molar-refractivity contribution in [1.29, 1.82) is 0 Å². The van der Waals surface area contributed by atoms with E-state index in [0.29, 0.717) is 35.4 Å². The molecule has 2 atom stereocenters. The highest BCUT2D eigenvalue weighted by molar-refractivity contribution is 5.96. The van der Waals surface area contributed by atoms with E-state index in [1.54, 1.807) is 13.2 Å². The molecule has 1 saturated carbocycles. The maximum atomic E-state index is 12.8. The van der Waals surface area contributed by atoms with Gasteiger partial charge in [0.05, 0.1) is 7.11 Å². The molecule has 2 fully saturated rings. The van der Waals surface area contributed by atoms with Crippen LogP contribution in [0.25, 0.3) is 0 Å². The Bertz CT molecular complexity index is 835. The quantitative estimate of drug-likeness (QED) is 0.843. The standard InChI is InChI=1S/C21H22N2O3/c1-13-3-4-15(9-19(13)22-12-24)21(25)23-10-17-18(11-23)20(17)14-5-7-16(26-2)8-6-14/h3-9,12,17-18,20H,10-11H2,1-2H3,(H,22,24). The van der Waals surface area contributed by atoms with Crippen molar-refractivity contribution < 1.29 is 14.3 Å². The Kier molecular flexibility index (Phi) is 4.15. The average Bonchev–Trinajstić information content (AvgIpc) is 3.16. The lowest BCUT2D eigenvalue weighted by Gasteiger charge is -2.21. The van der Waals surface area contributed by atoms with Crippen molar-refractivity contribution in [2.24, 2.45) is 11.8 Å². The summed E-state index contributed by atoms with van der Waals surface area (Å²) in [4.78, 5) is 25.4. The third-order valence-electron chi connectivity index (χ3n) is 5.68. The first-order valence-corrected chi connectivity index (χ1v) is 8.86. The predicted molar refractivity (Wildman–Crippen MR) is 99.5 cm³/mol. The molecule has 0 radical (unpaired) electrons. The Balaban J connectivity index is 1.42. The number of methoxy groups -OCH3 is 1. The fourth-order valence-electron chi connectivity index (χ4n) is 4.17. The van der Waals surface area contributed by atoms with Gasteiger partial charge in [-0.15, -0.1) is 0 Å². The van der Waals surface area contributed by atoms with Crippen molar-refractivity contribution in [3.05, 3.63) is 59.2 Å². The van der Waals surface area contributed by atoms with E-state index < -0.39 is 0 Å². The lowest BCUT2D eigenvalue weighted by molar-refractivity contribution is -0.105. The van der Waals surface area contributed by atoms with E-state index in [-0.39, 0.29) is 5.91 Å². The van der Waals surface area contributed by atoms with Crippen LogP contribution >= 0.6 is 0 Å². The third kappa shape index (κ3) is 2.83. The lowest BCUT2D eigenvalue weighted by atomic mass is 10.1. The zero-order valence-electron chi connectivity index (χ0n) is 14.9. The van der Waals surface area contributed by atoms with E-state index in [9.17, 15) is 9.59 Å². The Hall–Kier alpha value is -2.82. The number of benzene rings is 2. The molecule has 26 heavy (non-hydrogen) atoms. The van der Waals surface area contributed by atoms with Crippen molar-refractivity contribution >= 4 is 18.0 Å². The van der Waals surface area contributed by atoms with E-state index >= 15 is 0 Å². The van der Waals surface area contributed by atoms with Gasteiger partial charge in [0, 0.05) is 24.3 Å². The van der Waals surface area contributed by atoms with Gasteiger partial charge in [0.15, 0.2) is 0 Å². The lowest BCUT2D eigenvalue weighted by Crippen LogP contribution is -2.31. The number of rotatable bonds is 5. The summed E-state index contributed by atoms with van der Waals surface area (Å²) < 4.78 is 5.22. The third-order valence-corrected chi connectivity index (χ3v) is 5.68. The Morgan fingerprint density at radius 3 is 2.46 bits per heavy atom. The fourth-order valence-corrected chi connectivity index (χ4v) is 4.17. The maximum Gasteiger partial charge on any atom is 0.253 e. The Morgan fingerprint density at radius 2 is 1.85 bits per heavy atom. The molecular weight excluding hydrogens is 328 g/mol. The first kappa shape index (κ1) is 16.6. The van der Waals surface area contributed by atoms with Crippen molar-refractivity contribution in [2.45, 2.75) is 12.8 Å². The van der Waals surface area contributed by atoms with E-state index in [1.165, 1.54) is 5.56 Å². The highest BCUT2D eigenvalue weighted by Crippen LogP contribution is 2.58. The van der Waals surface area contributed by atoms with Crippen molar-refractivity contribution in [1.82, 2.24) is 4.90 Å². The first-order valence-electron chi connectivity index (χ1n) is 8.86. The normalized spacial score (nSPS) is 23.3. The molecule has 0 bridgehead atoms. The minimum absolute atomic E-state index is 0.0413. The van der Waals surface area contributed by atoms with Crippen LogP contribution in [-0.2, 0) is 4.79 Å². The minimum atomic E-state index is 0.0413. The van der Waals surface area contributed by atoms with Gasteiger partial charge < -0.3 is 15.0 Å². The number of nitrogens with zero attached hydrogens (tertiary/aromatic N) is 1. The van der Waals surface area contributed by atoms with Gasteiger partial charge in [0.25, 0.3) is 5.91 Å². The highest BCUT2D eigenvalue weighted by atomic mass is 16.5. The number of carbonyl (C=O) groups is 2. The molecule has 134 valence electrons. The number of anilines is 1. The predicted octanol–water partition coefficient (Wildman–Crippen LogP) is 3.06. The number of fused-ring (bicyclic) bond motifs is 1. The molecule has 2 aromatic rings. The average molecular weight is 350 g/mol. The number of aryl methyl sites for hydroxylation is 1. The van der Waals surface area contributed by atoms with Crippen LogP contribution in [0.4, 0.5) is 5.69 Å². The van der Waals surface area contributed by atoms with Crippen LogP contribution < -0.4 is 10.1 Å². The Labute approximate surface area is 153 Å². The van der Waals surface area contributed by atoms with E-state index in [1.807, 2.05) is 36.1 Å². The summed E-state index contributed by atoms with van der Waals surface area (Å²) in [6.45, 7) is 3.50. The molecule has 5 nitrogen and oxygen atoms in total. The van der Waals surface area contributed by atoms with E-state index in [0.717, 1.165) is 24.4 Å². The summed E-state index contributed by atoms with van der Waals surface area (Å²) in [5.41, 5.74) is 3.59. The summed E-state index contributed by atoms with van der Waals surface area (Å²) >= 11 is 0. The number of ether oxygens (including phenoxy) is 1. The monoisotopic (exact) mass is 350 g/mol. The Morgan fingerprint density at radius 1 is 1.15 bits per heavy atom. The van der Waals surface area contributed by atoms with Crippen molar-refractivity contribution in [3.8, 4) is 5.75 Å². The number of hydrogen-bond acceptors (Lipinski definition) is 3. The summed E-state index contributed by atoms with van der Waals surface area (Å²) in [6.07, 6.45) is 0.640. The number of carbonyl (C=O) groups excluding carboxylic acids is 2. The van der Waals surface area contributed by atoms with Crippen LogP contribution in [0.5, 0.6) is 5.75 Å². The number of piperidine rings is 1. The highest BCUT2D eigenvalue weighted by Gasteiger charge is 2.57. The number of hydrogen-bond donors (Lipinski definition) is 1. The van der Waals surface area contributed by atoms with E-state index in [2.05, 4.69) is 17.4 Å². The van der Waals surface area contributed by atoms with Crippen LogP contribution in [-0.4, -0.2) is 37.4 Å². The van der Waals surface area contributed by atoms with Crippen LogP contribution in [0.3, 0.4) is 0 Å². The molecule has 2 amide bonds. The van der Waals surface area contributed by atoms with E-state index in [4.69, 9.17) is 4.74 Å². The second-order valence-electron chi connectivity index (χ2n) is 7.13. The van der Waals surface area contributed by atoms with Gasteiger partial charge in [-0.25, -0.2) is 0 Å². The molecular formula is C21H22N2O3. The van der Waals surface area contributed by atoms with Crippen LogP contribution in [0, 0.1) is 18.8 Å². The molecule has 1 aliphatic heterocycles. The molecule has 1 aliphatic carbocycles. The molecule has 0 aromatic heterocycles. The molecule has 2 aromatic carbocycles. The summed E-state index contributed by atoms with van der Waals surface area (Å²) in [5, 5.41) is 2.66. The number of amides is 2. The zero-order chi connectivity index (χ0) is 18.3. The number of nitrogens with one attached hydrogen (secondary N) is 1. The fraction of sp³-hybridized carbons (Fsp3) is 0.333. The summed E-state index contributed by atoms with van der Waals surface area (Å²) in [6, 6.07) is 13.7. The smallest absolute Gasteiger partial charge is 0.253 e. The summed E-state index contributed by atoms with van der Waals surface area (Å²) in [5.74, 6) is 2.56. The SMILES string of the molecule is COc1ccc(C2C3CN(C(=O)c4ccc(C)c(NC=O)c4)CC32)cc1. The van der Waals surface area contributed by atoms with Crippen LogP contribution in [0.1, 0.15) is 27.4 Å². The van der Waals surface area contributed by atoms with Crippen molar-refractivity contribution in [2.75, 3.05) is 25.5 Å². The molecule has 1 saturated heterocycles. The molecule has 2 unspecified atom stereocenters. The molecule has 0 spiro atoms. The molecule has 5 heteroatoms. The van der Waals surface area contributed by atoms with Gasteiger partial charge in [-0.05, 0) is 60.1 Å². The van der Waals surface area contributed by atoms with Gasteiger partial charge in [-0.1, -0.05) is 18.2 Å². The number of likely N-dealkylation sites (tertiary alicyclic amines) is 1. The summed E-state index contributed by atoms with van der Waals surface area (Å²) in [7, 11) is 1.67. The molecule has 2 aliphatic rings. The van der Waals surface area contributed by atoms with Crippen LogP contribution in [0.15, 0.2) is 42.5 Å².